The second-order valence-electron chi connectivity index (χ2n) is 6.59. The largest absolute Gasteiger partial charge is 0.496 e. The van der Waals surface area contributed by atoms with Crippen LogP contribution >= 0.6 is 11.6 Å². The Balaban J connectivity index is 1.62. The first-order valence-electron chi connectivity index (χ1n) is 9.14. The number of aliphatic hydroxyl groups excluding tert-OH is 1. The van der Waals surface area contributed by atoms with Gasteiger partial charge >= 0.3 is 0 Å². The zero-order valence-corrected chi connectivity index (χ0v) is 17.0. The molecule has 1 aromatic heterocycles. The van der Waals surface area contributed by atoms with Gasteiger partial charge in [0.25, 0.3) is 5.91 Å². The summed E-state index contributed by atoms with van der Waals surface area (Å²) < 4.78 is 12.8. The molecule has 1 amide bonds. The minimum Gasteiger partial charge on any atom is -0.496 e. The predicted octanol–water partition coefficient (Wildman–Crippen LogP) is 3.62. The van der Waals surface area contributed by atoms with Crippen molar-refractivity contribution >= 4 is 17.5 Å². The average molecular weight is 415 g/mol. The summed E-state index contributed by atoms with van der Waals surface area (Å²) in [4.78, 5) is 12.6. The van der Waals surface area contributed by atoms with Crippen molar-refractivity contribution in [1.29, 1.82) is 0 Å². The van der Waals surface area contributed by atoms with Crippen LogP contribution in [0.4, 0.5) is 0 Å². The van der Waals surface area contributed by atoms with Gasteiger partial charge in [0.2, 0.25) is 0 Å². The van der Waals surface area contributed by atoms with Crippen LogP contribution < -0.4 is 14.8 Å². The number of aryl methyl sites for hydroxylation is 1. The van der Waals surface area contributed by atoms with Crippen LogP contribution in [0.2, 0.25) is 5.02 Å². The molecule has 1 atom stereocenters. The van der Waals surface area contributed by atoms with Gasteiger partial charge in [0.1, 0.15) is 24.2 Å². The SMILES string of the molecule is COc1cc(-n2cccc2)c(Cl)cc1C(=O)NCC(O)COc1cccc(C)c1. The zero-order valence-electron chi connectivity index (χ0n) is 16.3. The summed E-state index contributed by atoms with van der Waals surface area (Å²) in [6.45, 7) is 2.06. The number of ether oxygens (including phenoxy) is 2. The summed E-state index contributed by atoms with van der Waals surface area (Å²) in [5.41, 5.74) is 2.06. The number of hydrogen-bond acceptors (Lipinski definition) is 4. The fourth-order valence-corrected chi connectivity index (χ4v) is 3.11. The minimum absolute atomic E-state index is 0.0325. The van der Waals surface area contributed by atoms with Gasteiger partial charge in [-0.2, -0.15) is 0 Å². The van der Waals surface area contributed by atoms with Gasteiger partial charge in [-0.05, 0) is 42.8 Å². The molecule has 1 unspecified atom stereocenters. The number of halogens is 1. The predicted molar refractivity (Wildman–Crippen MR) is 112 cm³/mol. The van der Waals surface area contributed by atoms with Crippen LogP contribution in [0.15, 0.2) is 60.9 Å². The molecule has 3 rings (SSSR count). The first-order valence-corrected chi connectivity index (χ1v) is 9.52. The Morgan fingerprint density at radius 3 is 2.66 bits per heavy atom. The highest BCUT2D eigenvalue weighted by atomic mass is 35.5. The summed E-state index contributed by atoms with van der Waals surface area (Å²) >= 11 is 6.36. The number of aliphatic hydroxyl groups is 1. The standard InChI is InChI=1S/C22H23ClN2O4/c1-15-6-5-7-17(10-15)29-14-16(26)13-24-22(27)18-11-19(23)20(12-21(18)28-2)25-8-3-4-9-25/h3-12,16,26H,13-14H2,1-2H3,(H,24,27). The van der Waals surface area contributed by atoms with Gasteiger partial charge in [-0.15, -0.1) is 0 Å². The molecule has 29 heavy (non-hydrogen) atoms. The van der Waals surface area contributed by atoms with E-state index < -0.39 is 12.0 Å². The molecule has 1 heterocycles. The van der Waals surface area contributed by atoms with Crippen LogP contribution in [0, 0.1) is 6.92 Å². The number of amides is 1. The van der Waals surface area contributed by atoms with E-state index in [0.29, 0.717) is 27.8 Å². The molecule has 0 saturated carbocycles. The number of methoxy groups -OCH3 is 1. The highest BCUT2D eigenvalue weighted by molar-refractivity contribution is 6.33. The Morgan fingerprint density at radius 1 is 1.21 bits per heavy atom. The lowest BCUT2D eigenvalue weighted by molar-refractivity contribution is 0.0841. The van der Waals surface area contributed by atoms with Crippen molar-refractivity contribution in [2.24, 2.45) is 0 Å². The monoisotopic (exact) mass is 414 g/mol. The zero-order chi connectivity index (χ0) is 20.8. The molecule has 0 saturated heterocycles. The molecule has 2 N–H and O–H groups in total. The van der Waals surface area contributed by atoms with Crippen LogP contribution in [0.25, 0.3) is 5.69 Å². The lowest BCUT2D eigenvalue weighted by Crippen LogP contribution is -2.35. The smallest absolute Gasteiger partial charge is 0.255 e. The number of aromatic nitrogens is 1. The van der Waals surface area contributed by atoms with E-state index in [0.717, 1.165) is 5.56 Å². The molecule has 2 aromatic carbocycles. The second kappa shape index (κ2) is 9.49. The molecule has 0 aliphatic heterocycles. The third-order valence-electron chi connectivity index (χ3n) is 4.33. The van der Waals surface area contributed by atoms with Gasteiger partial charge in [-0.3, -0.25) is 4.79 Å². The highest BCUT2D eigenvalue weighted by Crippen LogP contribution is 2.30. The van der Waals surface area contributed by atoms with Crippen molar-refractivity contribution in [3.8, 4) is 17.2 Å². The molecule has 7 heteroatoms. The molecule has 0 aliphatic rings. The molecule has 0 aliphatic carbocycles. The van der Waals surface area contributed by atoms with Crippen molar-refractivity contribution < 1.29 is 19.4 Å². The van der Waals surface area contributed by atoms with Crippen molar-refractivity contribution in [3.05, 3.63) is 77.1 Å². The molecule has 3 aromatic rings. The molecule has 152 valence electrons. The number of nitrogens with one attached hydrogen (secondary N) is 1. The number of carbonyl (C=O) groups is 1. The van der Waals surface area contributed by atoms with Crippen LogP contribution in [-0.2, 0) is 0 Å². The Labute approximate surface area is 174 Å². The van der Waals surface area contributed by atoms with Gasteiger partial charge < -0.3 is 24.5 Å². The highest BCUT2D eigenvalue weighted by Gasteiger charge is 2.17. The summed E-state index contributed by atoms with van der Waals surface area (Å²) in [5.74, 6) is 0.669. The molecular formula is C22H23ClN2O4. The van der Waals surface area contributed by atoms with Crippen LogP contribution in [0.3, 0.4) is 0 Å². The number of rotatable bonds is 8. The van der Waals surface area contributed by atoms with Gasteiger partial charge in [0.15, 0.2) is 0 Å². The Bertz CT molecular complexity index is 973. The Kier molecular flexibility index (Phi) is 6.80. The van der Waals surface area contributed by atoms with Gasteiger partial charge in [0.05, 0.1) is 23.4 Å². The van der Waals surface area contributed by atoms with Gasteiger partial charge in [-0.25, -0.2) is 0 Å². The molecule has 0 fully saturated rings. The first kappa shape index (κ1) is 20.8. The molecule has 0 spiro atoms. The number of benzene rings is 2. The van der Waals surface area contributed by atoms with Gasteiger partial charge in [0, 0.05) is 25.0 Å². The van der Waals surface area contributed by atoms with Crippen molar-refractivity contribution in [3.63, 3.8) is 0 Å². The van der Waals surface area contributed by atoms with E-state index in [1.165, 1.54) is 7.11 Å². The molecular weight excluding hydrogens is 392 g/mol. The van der Waals surface area contributed by atoms with Crippen LogP contribution in [-0.4, -0.2) is 41.9 Å². The van der Waals surface area contributed by atoms with Crippen molar-refractivity contribution in [2.45, 2.75) is 13.0 Å². The molecule has 0 radical (unpaired) electrons. The average Bonchev–Trinajstić information content (AvgIpc) is 3.25. The summed E-state index contributed by atoms with van der Waals surface area (Å²) in [6.07, 6.45) is 2.84. The second-order valence-corrected chi connectivity index (χ2v) is 6.99. The van der Waals surface area contributed by atoms with E-state index in [1.54, 1.807) is 12.1 Å². The third kappa shape index (κ3) is 5.31. The lowest BCUT2D eigenvalue weighted by atomic mass is 10.1. The Hall–Kier alpha value is -2.96. The molecule has 0 bridgehead atoms. The minimum atomic E-state index is -0.861. The van der Waals surface area contributed by atoms with Crippen molar-refractivity contribution in [2.75, 3.05) is 20.3 Å². The van der Waals surface area contributed by atoms with E-state index in [-0.39, 0.29) is 13.2 Å². The van der Waals surface area contributed by atoms with E-state index in [4.69, 9.17) is 21.1 Å². The first-order chi connectivity index (χ1) is 14.0. The number of nitrogens with zero attached hydrogens (tertiary/aromatic N) is 1. The fourth-order valence-electron chi connectivity index (χ4n) is 2.84. The normalized spacial score (nSPS) is 11.7. The number of carbonyl (C=O) groups excluding carboxylic acids is 1. The van der Waals surface area contributed by atoms with E-state index >= 15 is 0 Å². The summed E-state index contributed by atoms with van der Waals surface area (Å²) in [7, 11) is 1.49. The van der Waals surface area contributed by atoms with E-state index in [2.05, 4.69) is 5.32 Å². The quantitative estimate of drug-likeness (QED) is 0.590. The van der Waals surface area contributed by atoms with Gasteiger partial charge in [-0.1, -0.05) is 23.7 Å². The fraction of sp³-hybridized carbons (Fsp3) is 0.227. The molecule has 6 nitrogen and oxygen atoms in total. The van der Waals surface area contributed by atoms with E-state index in [9.17, 15) is 9.90 Å². The maximum absolute atomic E-state index is 12.6. The maximum atomic E-state index is 12.6. The van der Waals surface area contributed by atoms with Crippen molar-refractivity contribution in [1.82, 2.24) is 9.88 Å². The third-order valence-corrected chi connectivity index (χ3v) is 4.63. The van der Waals surface area contributed by atoms with Crippen LogP contribution in [0.5, 0.6) is 11.5 Å². The van der Waals surface area contributed by atoms with E-state index in [1.807, 2.05) is 60.3 Å². The number of hydrogen-bond donors (Lipinski definition) is 2. The topological polar surface area (TPSA) is 72.7 Å². The lowest BCUT2D eigenvalue weighted by Gasteiger charge is -2.16. The maximum Gasteiger partial charge on any atom is 0.255 e. The summed E-state index contributed by atoms with van der Waals surface area (Å²) in [5, 5.41) is 13.2. The summed E-state index contributed by atoms with van der Waals surface area (Å²) in [6, 6.07) is 14.6. The van der Waals surface area contributed by atoms with Crippen LogP contribution in [0.1, 0.15) is 15.9 Å². The Morgan fingerprint density at radius 2 is 1.97 bits per heavy atom.